The van der Waals surface area contributed by atoms with Gasteiger partial charge in [0.25, 0.3) is 0 Å². The monoisotopic (exact) mass is 682 g/mol. The maximum absolute atomic E-state index is 13.6. The molecule has 1 aromatic carbocycles. The number of piperidine rings is 1. The summed E-state index contributed by atoms with van der Waals surface area (Å²) in [6.45, 7) is 5.03. The number of halogens is 3. The molecule has 4 heterocycles. The number of amides is 1. The number of aromatic nitrogens is 2. The van der Waals surface area contributed by atoms with Gasteiger partial charge in [-0.1, -0.05) is 12.0 Å². The van der Waals surface area contributed by atoms with Crippen LogP contribution in [0.5, 0.6) is 0 Å². The largest absolute Gasteiger partial charge is 0.406 e. The molecule has 1 amide bonds. The number of nitriles is 1. The number of anilines is 1. The summed E-state index contributed by atoms with van der Waals surface area (Å²) in [5.74, 6) is 6.53. The van der Waals surface area contributed by atoms with Crippen molar-refractivity contribution >= 4 is 32.3 Å². The third-order valence-electron chi connectivity index (χ3n) is 9.19. The Bertz CT molecular complexity index is 1810. The highest BCUT2D eigenvalue weighted by Gasteiger charge is 2.30. The molecule has 13 heteroatoms. The summed E-state index contributed by atoms with van der Waals surface area (Å²) in [5, 5.41) is 13.1. The van der Waals surface area contributed by atoms with E-state index in [1.807, 2.05) is 21.9 Å². The minimum Gasteiger partial charge on any atom is -0.373 e. The number of hydrogen-bond acceptors (Lipinski definition) is 7. The van der Waals surface area contributed by atoms with Crippen LogP contribution in [0.25, 0.3) is 10.9 Å². The fraction of sp³-hybridized carbons (Fsp3) is 0.514. The Morgan fingerprint density at radius 2 is 1.79 bits per heavy atom. The number of rotatable bonds is 9. The normalized spacial score (nSPS) is 17.5. The van der Waals surface area contributed by atoms with Crippen molar-refractivity contribution < 1.29 is 26.4 Å². The van der Waals surface area contributed by atoms with Crippen LogP contribution in [-0.2, 0) is 33.0 Å². The van der Waals surface area contributed by atoms with Gasteiger partial charge in [0.15, 0.2) is 9.84 Å². The molecule has 0 atom stereocenters. The van der Waals surface area contributed by atoms with Gasteiger partial charge in [-0.2, -0.15) is 18.4 Å². The molecule has 0 aliphatic carbocycles. The first kappa shape index (κ1) is 35.2. The molecule has 5 rings (SSSR count). The summed E-state index contributed by atoms with van der Waals surface area (Å²) < 4.78 is 65.2. The minimum absolute atomic E-state index is 0.0445. The standard InChI is InChI=1S/C35H41F3N6O3S/c1-34(2,24-39)32-10-8-29(22-41-32)40-13-3-4-30-21-28-20-27(7-9-31(28)44(30)25-35(36,37)38)6-5-26-11-14-43(15-12-26)33(45)23-42-16-18-48(46,47)19-17-42/h7-10,20-22,26,40H,5-6,11-19,23,25H2,1-2H3. The van der Waals surface area contributed by atoms with Crippen LogP contribution in [0, 0.1) is 29.1 Å². The predicted octanol–water partition coefficient (Wildman–Crippen LogP) is 4.76. The Morgan fingerprint density at radius 1 is 1.06 bits per heavy atom. The molecule has 3 aromatic rings. The number of pyridine rings is 1. The number of sulfone groups is 1. The average molecular weight is 683 g/mol. The van der Waals surface area contributed by atoms with Gasteiger partial charge < -0.3 is 14.8 Å². The minimum atomic E-state index is -4.41. The van der Waals surface area contributed by atoms with Crippen molar-refractivity contribution in [3.8, 4) is 17.9 Å². The van der Waals surface area contributed by atoms with Gasteiger partial charge in [0.1, 0.15) is 6.54 Å². The SMILES string of the molecule is CC(C)(C#N)c1ccc(NCC#Cc2cc3cc(CCC4CCN(C(=O)CN5CCS(=O)(=O)CC5)CC4)ccc3n2CC(F)(F)F)cn1. The van der Waals surface area contributed by atoms with Crippen LogP contribution in [0.4, 0.5) is 18.9 Å². The Labute approximate surface area is 280 Å². The van der Waals surface area contributed by atoms with E-state index in [2.05, 4.69) is 28.2 Å². The van der Waals surface area contributed by atoms with Crippen molar-refractivity contribution in [1.82, 2.24) is 19.4 Å². The molecular weight excluding hydrogens is 641 g/mol. The molecule has 2 aliphatic rings. The number of carbonyl (C=O) groups is 1. The van der Waals surface area contributed by atoms with E-state index in [9.17, 15) is 31.6 Å². The Hall–Kier alpha value is -4.07. The summed E-state index contributed by atoms with van der Waals surface area (Å²) in [6.07, 6.45) is 0.670. The molecule has 2 fully saturated rings. The molecule has 2 saturated heterocycles. The molecule has 0 saturated carbocycles. The first-order valence-electron chi connectivity index (χ1n) is 16.2. The van der Waals surface area contributed by atoms with Crippen LogP contribution in [0.15, 0.2) is 42.6 Å². The predicted molar refractivity (Wildman–Crippen MR) is 179 cm³/mol. The van der Waals surface area contributed by atoms with Crippen LogP contribution in [0.2, 0.25) is 0 Å². The van der Waals surface area contributed by atoms with Crippen molar-refractivity contribution in [2.24, 2.45) is 5.92 Å². The summed E-state index contributed by atoms with van der Waals surface area (Å²) in [6, 6.07) is 13.0. The zero-order chi connectivity index (χ0) is 34.5. The molecule has 2 aromatic heterocycles. The molecule has 0 bridgehead atoms. The number of carbonyl (C=O) groups excluding carboxylic acids is 1. The topological polar surface area (TPSA) is 111 Å². The maximum Gasteiger partial charge on any atom is 0.406 e. The van der Waals surface area contributed by atoms with Gasteiger partial charge >= 0.3 is 6.18 Å². The van der Waals surface area contributed by atoms with Crippen LogP contribution in [-0.4, -0.2) is 90.6 Å². The molecule has 1 N–H and O–H groups in total. The summed E-state index contributed by atoms with van der Waals surface area (Å²) >= 11 is 0. The van der Waals surface area contributed by atoms with E-state index in [-0.39, 0.29) is 36.2 Å². The zero-order valence-electron chi connectivity index (χ0n) is 27.3. The van der Waals surface area contributed by atoms with Gasteiger partial charge in [0.05, 0.1) is 59.4 Å². The molecule has 9 nitrogen and oxygen atoms in total. The number of alkyl halides is 3. The third kappa shape index (κ3) is 9.30. The van der Waals surface area contributed by atoms with Crippen molar-refractivity contribution in [3.05, 3.63) is 59.5 Å². The van der Waals surface area contributed by atoms with Gasteiger partial charge in [-0.3, -0.25) is 14.7 Å². The van der Waals surface area contributed by atoms with Crippen LogP contribution < -0.4 is 5.32 Å². The molecular formula is C35H41F3N6O3S. The van der Waals surface area contributed by atoms with Crippen molar-refractivity contribution in [3.63, 3.8) is 0 Å². The number of benzene rings is 1. The van der Waals surface area contributed by atoms with Crippen molar-refractivity contribution in [1.29, 1.82) is 5.26 Å². The molecule has 0 radical (unpaired) electrons. The second-order valence-corrected chi connectivity index (χ2v) is 15.5. The second-order valence-electron chi connectivity index (χ2n) is 13.2. The number of likely N-dealkylation sites (tertiary alicyclic amines) is 1. The fourth-order valence-corrected chi connectivity index (χ4v) is 7.45. The third-order valence-corrected chi connectivity index (χ3v) is 10.8. The second kappa shape index (κ2) is 14.6. The molecule has 256 valence electrons. The lowest BCUT2D eigenvalue weighted by Gasteiger charge is -2.34. The summed E-state index contributed by atoms with van der Waals surface area (Å²) in [5.41, 5.74) is 2.43. The number of aryl methyl sites for hydroxylation is 1. The van der Waals surface area contributed by atoms with E-state index in [0.717, 1.165) is 31.2 Å². The first-order valence-corrected chi connectivity index (χ1v) is 18.0. The summed E-state index contributed by atoms with van der Waals surface area (Å²) in [7, 11) is -2.98. The van der Waals surface area contributed by atoms with E-state index in [0.29, 0.717) is 54.4 Å². The van der Waals surface area contributed by atoms with Crippen LogP contribution in [0.3, 0.4) is 0 Å². The van der Waals surface area contributed by atoms with Gasteiger partial charge in [-0.25, -0.2) is 8.42 Å². The van der Waals surface area contributed by atoms with Crippen molar-refractivity contribution in [2.75, 3.05) is 56.1 Å². The molecule has 2 aliphatic heterocycles. The average Bonchev–Trinajstić information content (AvgIpc) is 3.38. The maximum atomic E-state index is 13.6. The van der Waals surface area contributed by atoms with E-state index >= 15 is 0 Å². The van der Waals surface area contributed by atoms with Crippen LogP contribution in [0.1, 0.15) is 50.1 Å². The van der Waals surface area contributed by atoms with Gasteiger partial charge in [0, 0.05) is 37.1 Å². The van der Waals surface area contributed by atoms with E-state index in [1.54, 1.807) is 44.3 Å². The van der Waals surface area contributed by atoms with E-state index in [4.69, 9.17) is 0 Å². The highest BCUT2D eigenvalue weighted by Crippen LogP contribution is 2.28. The van der Waals surface area contributed by atoms with Crippen LogP contribution >= 0.6 is 0 Å². The lowest BCUT2D eigenvalue weighted by atomic mass is 9.90. The quantitative estimate of drug-likeness (QED) is 0.324. The molecule has 0 unspecified atom stereocenters. The highest BCUT2D eigenvalue weighted by atomic mass is 32.2. The van der Waals surface area contributed by atoms with Gasteiger partial charge in [0.2, 0.25) is 5.91 Å². The number of fused-ring (bicyclic) bond motifs is 1. The molecule has 48 heavy (non-hydrogen) atoms. The number of nitrogens with zero attached hydrogens (tertiary/aromatic N) is 5. The Kier molecular flexibility index (Phi) is 10.7. The highest BCUT2D eigenvalue weighted by molar-refractivity contribution is 7.91. The fourth-order valence-electron chi connectivity index (χ4n) is 6.18. The first-order chi connectivity index (χ1) is 22.7. The van der Waals surface area contributed by atoms with Gasteiger partial charge in [-0.05, 0) is 87.3 Å². The number of nitrogens with one attached hydrogen (secondary N) is 1. The Balaban J connectivity index is 1.16. The summed E-state index contributed by atoms with van der Waals surface area (Å²) in [4.78, 5) is 20.9. The Morgan fingerprint density at radius 3 is 2.44 bits per heavy atom. The number of hydrogen-bond donors (Lipinski definition) is 1. The smallest absolute Gasteiger partial charge is 0.373 e. The lowest BCUT2D eigenvalue weighted by molar-refractivity contribution is -0.140. The lowest BCUT2D eigenvalue weighted by Crippen LogP contribution is -2.48. The van der Waals surface area contributed by atoms with E-state index in [1.165, 1.54) is 4.57 Å². The van der Waals surface area contributed by atoms with Gasteiger partial charge in [-0.15, -0.1) is 0 Å². The molecule has 0 spiro atoms. The van der Waals surface area contributed by atoms with E-state index < -0.39 is 28.0 Å². The van der Waals surface area contributed by atoms with Crippen molar-refractivity contribution in [2.45, 2.75) is 57.7 Å². The zero-order valence-corrected chi connectivity index (χ0v) is 28.1.